The Labute approximate surface area is 155 Å². The fourth-order valence-electron chi connectivity index (χ4n) is 2.91. The van der Waals surface area contributed by atoms with Crippen molar-refractivity contribution in [3.05, 3.63) is 24.3 Å². The van der Waals surface area contributed by atoms with E-state index in [4.69, 9.17) is 5.14 Å². The van der Waals surface area contributed by atoms with Crippen molar-refractivity contribution in [1.82, 2.24) is 10.2 Å². The summed E-state index contributed by atoms with van der Waals surface area (Å²) in [6.07, 6.45) is 3.43. The zero-order chi connectivity index (χ0) is 17.6. The molecule has 0 aromatic heterocycles. The molecule has 1 heterocycles. The van der Waals surface area contributed by atoms with Gasteiger partial charge in [-0.1, -0.05) is 0 Å². The summed E-state index contributed by atoms with van der Waals surface area (Å²) in [6.45, 7) is 3.27. The minimum atomic E-state index is -3.71. The summed E-state index contributed by atoms with van der Waals surface area (Å²) in [5.74, 6) is 0.648. The maximum atomic E-state index is 12.1. The molecule has 2 rings (SSSR count). The predicted molar refractivity (Wildman–Crippen MR) is 101 cm³/mol. The van der Waals surface area contributed by atoms with Gasteiger partial charge in [0.05, 0.1) is 11.4 Å². The van der Waals surface area contributed by atoms with E-state index in [1.807, 2.05) is 7.05 Å². The van der Waals surface area contributed by atoms with Gasteiger partial charge in [0.2, 0.25) is 15.9 Å². The van der Waals surface area contributed by atoms with Crippen molar-refractivity contribution in [3.8, 4) is 0 Å². The van der Waals surface area contributed by atoms with Gasteiger partial charge in [0.1, 0.15) is 0 Å². The summed E-state index contributed by atoms with van der Waals surface area (Å²) >= 11 is 0. The molecule has 0 atom stereocenters. The minimum absolute atomic E-state index is 0. The third-order valence-electron chi connectivity index (χ3n) is 4.34. The maximum Gasteiger partial charge on any atom is 0.238 e. The number of primary sulfonamides is 1. The van der Waals surface area contributed by atoms with Gasteiger partial charge in [0, 0.05) is 5.69 Å². The quantitative estimate of drug-likeness (QED) is 0.644. The minimum Gasteiger partial charge on any atom is -0.325 e. The highest BCUT2D eigenvalue weighted by Gasteiger charge is 2.20. The molecule has 0 aliphatic carbocycles. The number of rotatable bonds is 7. The van der Waals surface area contributed by atoms with Crippen molar-refractivity contribution >= 4 is 34.0 Å². The predicted octanol–water partition coefficient (Wildman–Crippen LogP) is 1.02. The highest BCUT2D eigenvalue weighted by molar-refractivity contribution is 7.89. The standard InChI is InChI=1S/C16H26N4O3S.ClH/c1-18-9-6-13-7-10-20(11-8-13)12-16(21)19-14-2-4-15(5-3-14)24(17,22)23;/h2-5,13,18H,6-12H2,1H3,(H,19,21)(H2,17,22,23);1H. The van der Waals surface area contributed by atoms with Gasteiger partial charge in [-0.25, -0.2) is 13.6 Å². The highest BCUT2D eigenvalue weighted by atomic mass is 35.5. The second-order valence-corrected chi connectivity index (χ2v) is 7.79. The number of hydrogen-bond acceptors (Lipinski definition) is 5. The second-order valence-electron chi connectivity index (χ2n) is 6.23. The van der Waals surface area contributed by atoms with Crippen LogP contribution < -0.4 is 15.8 Å². The maximum absolute atomic E-state index is 12.1. The molecular formula is C16H27ClN4O3S. The number of nitrogens with two attached hydrogens (primary N) is 1. The number of carbonyl (C=O) groups excluding carboxylic acids is 1. The van der Waals surface area contributed by atoms with Crippen LogP contribution in [0, 0.1) is 5.92 Å². The lowest BCUT2D eigenvalue weighted by molar-refractivity contribution is -0.117. The number of piperidine rings is 1. The summed E-state index contributed by atoms with van der Waals surface area (Å²) in [5, 5.41) is 11.0. The van der Waals surface area contributed by atoms with Crippen LogP contribution in [0.1, 0.15) is 19.3 Å². The number of benzene rings is 1. The number of sulfonamides is 1. The van der Waals surface area contributed by atoms with Crippen molar-refractivity contribution in [2.45, 2.75) is 24.2 Å². The molecule has 0 spiro atoms. The van der Waals surface area contributed by atoms with E-state index in [1.165, 1.54) is 18.6 Å². The Kier molecular flexibility index (Phi) is 8.81. The Morgan fingerprint density at radius 1 is 1.24 bits per heavy atom. The molecule has 1 aromatic rings. The molecule has 0 radical (unpaired) electrons. The van der Waals surface area contributed by atoms with E-state index in [9.17, 15) is 13.2 Å². The molecule has 0 saturated carbocycles. The van der Waals surface area contributed by atoms with Crippen molar-refractivity contribution in [2.75, 3.05) is 38.5 Å². The lowest BCUT2D eigenvalue weighted by Gasteiger charge is -2.31. The summed E-state index contributed by atoms with van der Waals surface area (Å²) < 4.78 is 22.4. The highest BCUT2D eigenvalue weighted by Crippen LogP contribution is 2.20. The molecule has 1 amide bonds. The Balaban J connectivity index is 0.00000312. The van der Waals surface area contributed by atoms with Crippen molar-refractivity contribution < 1.29 is 13.2 Å². The number of likely N-dealkylation sites (tertiary alicyclic amines) is 1. The lowest BCUT2D eigenvalue weighted by Crippen LogP contribution is -2.39. The molecule has 1 saturated heterocycles. The number of halogens is 1. The molecule has 1 fully saturated rings. The van der Waals surface area contributed by atoms with Crippen molar-refractivity contribution in [3.63, 3.8) is 0 Å². The number of hydrogen-bond donors (Lipinski definition) is 3. The van der Waals surface area contributed by atoms with E-state index in [1.54, 1.807) is 12.1 Å². The van der Waals surface area contributed by atoms with Gasteiger partial charge in [-0.15, -0.1) is 12.4 Å². The molecule has 4 N–H and O–H groups in total. The normalized spacial score (nSPS) is 16.2. The Morgan fingerprint density at radius 3 is 2.36 bits per heavy atom. The SMILES string of the molecule is CNCCC1CCN(CC(=O)Nc2ccc(S(N)(=O)=O)cc2)CC1.Cl. The van der Waals surface area contributed by atoms with Gasteiger partial charge in [0.25, 0.3) is 0 Å². The molecule has 0 unspecified atom stereocenters. The number of nitrogens with zero attached hydrogens (tertiary/aromatic N) is 1. The Morgan fingerprint density at radius 2 is 1.84 bits per heavy atom. The molecule has 142 valence electrons. The fraction of sp³-hybridized carbons (Fsp3) is 0.562. The van der Waals surface area contributed by atoms with E-state index >= 15 is 0 Å². The lowest BCUT2D eigenvalue weighted by atomic mass is 9.93. The number of anilines is 1. The van der Waals surface area contributed by atoms with Gasteiger partial charge in [-0.3, -0.25) is 9.69 Å². The van der Waals surface area contributed by atoms with Crippen molar-refractivity contribution in [2.24, 2.45) is 11.1 Å². The monoisotopic (exact) mass is 390 g/mol. The van der Waals surface area contributed by atoms with Gasteiger partial charge in [-0.05, 0) is 76.1 Å². The van der Waals surface area contributed by atoms with Crippen LogP contribution in [-0.4, -0.2) is 52.5 Å². The summed E-state index contributed by atoms with van der Waals surface area (Å²) in [7, 11) is -1.74. The van der Waals surface area contributed by atoms with Gasteiger partial charge >= 0.3 is 0 Å². The first kappa shape index (κ1) is 21.9. The van der Waals surface area contributed by atoms with E-state index in [-0.39, 0.29) is 23.2 Å². The number of carbonyl (C=O) groups is 1. The molecule has 1 aliphatic heterocycles. The molecule has 25 heavy (non-hydrogen) atoms. The van der Waals surface area contributed by atoms with Crippen LogP contribution in [-0.2, 0) is 14.8 Å². The van der Waals surface area contributed by atoms with Crippen LogP contribution in [0.3, 0.4) is 0 Å². The molecule has 1 aromatic carbocycles. The molecular weight excluding hydrogens is 364 g/mol. The van der Waals surface area contributed by atoms with Crippen LogP contribution in [0.5, 0.6) is 0 Å². The molecule has 1 aliphatic rings. The fourth-order valence-corrected chi connectivity index (χ4v) is 3.43. The first-order chi connectivity index (χ1) is 11.4. The smallest absolute Gasteiger partial charge is 0.238 e. The van der Waals surface area contributed by atoms with E-state index in [2.05, 4.69) is 15.5 Å². The third-order valence-corrected chi connectivity index (χ3v) is 5.27. The summed E-state index contributed by atoms with van der Waals surface area (Å²) in [5.41, 5.74) is 0.566. The van der Waals surface area contributed by atoms with E-state index < -0.39 is 10.0 Å². The van der Waals surface area contributed by atoms with Crippen LogP contribution in [0.25, 0.3) is 0 Å². The van der Waals surface area contributed by atoms with E-state index in [0.29, 0.717) is 12.2 Å². The van der Waals surface area contributed by atoms with Crippen LogP contribution in [0.4, 0.5) is 5.69 Å². The Bertz CT molecular complexity index is 644. The average Bonchev–Trinajstić information content (AvgIpc) is 2.54. The van der Waals surface area contributed by atoms with E-state index in [0.717, 1.165) is 38.4 Å². The Hall–Kier alpha value is -1.19. The van der Waals surface area contributed by atoms with Crippen LogP contribution in [0.15, 0.2) is 29.2 Å². The average molecular weight is 391 g/mol. The second kappa shape index (κ2) is 10.1. The number of amides is 1. The topological polar surface area (TPSA) is 105 Å². The van der Waals surface area contributed by atoms with Gasteiger partial charge in [0.15, 0.2) is 0 Å². The van der Waals surface area contributed by atoms with Gasteiger partial charge in [-0.2, -0.15) is 0 Å². The summed E-state index contributed by atoms with van der Waals surface area (Å²) in [6, 6.07) is 5.86. The third kappa shape index (κ3) is 7.29. The largest absolute Gasteiger partial charge is 0.325 e. The molecule has 0 bridgehead atoms. The number of nitrogens with one attached hydrogen (secondary N) is 2. The molecule has 9 heteroatoms. The molecule has 7 nitrogen and oxygen atoms in total. The van der Waals surface area contributed by atoms with Gasteiger partial charge < -0.3 is 10.6 Å². The zero-order valence-corrected chi connectivity index (χ0v) is 16.0. The summed E-state index contributed by atoms with van der Waals surface area (Å²) in [4.78, 5) is 14.3. The first-order valence-corrected chi connectivity index (χ1v) is 9.73. The van der Waals surface area contributed by atoms with Crippen LogP contribution >= 0.6 is 12.4 Å². The van der Waals surface area contributed by atoms with Crippen molar-refractivity contribution in [1.29, 1.82) is 0 Å². The first-order valence-electron chi connectivity index (χ1n) is 8.18. The van der Waals surface area contributed by atoms with Crippen LogP contribution in [0.2, 0.25) is 0 Å². The zero-order valence-electron chi connectivity index (χ0n) is 14.4.